The van der Waals surface area contributed by atoms with Crippen LogP contribution in [0, 0.1) is 0 Å². The van der Waals surface area contributed by atoms with Crippen LogP contribution in [0.15, 0.2) is 52.6 Å². The number of thiophene rings is 1. The standard InChI is InChI=1S/C16H15N3O3S/c1-11(14-3-2-8-23-14)18-15(20)9-21-13-6-4-12(5-7-13)16-19-17-10-22-16/h2-8,10-11H,9H2,1H3,(H,18,20)/t11-/m0/s1. The van der Waals surface area contributed by atoms with Crippen LogP contribution in [-0.4, -0.2) is 22.7 Å². The first-order valence-corrected chi connectivity index (χ1v) is 7.92. The zero-order valence-corrected chi connectivity index (χ0v) is 13.2. The maximum atomic E-state index is 11.9. The molecule has 0 radical (unpaired) electrons. The van der Waals surface area contributed by atoms with Gasteiger partial charge in [-0.25, -0.2) is 0 Å². The average Bonchev–Trinajstić information content (AvgIpc) is 3.26. The van der Waals surface area contributed by atoms with Crippen LogP contribution in [0.2, 0.25) is 0 Å². The molecule has 1 amide bonds. The van der Waals surface area contributed by atoms with Gasteiger partial charge in [-0.3, -0.25) is 4.79 Å². The Morgan fingerprint density at radius 1 is 1.35 bits per heavy atom. The van der Waals surface area contributed by atoms with Gasteiger partial charge in [0, 0.05) is 10.4 Å². The molecule has 0 aliphatic heterocycles. The predicted molar refractivity (Wildman–Crippen MR) is 86.1 cm³/mol. The number of carbonyl (C=O) groups is 1. The Hall–Kier alpha value is -2.67. The number of ether oxygens (including phenoxy) is 1. The number of amides is 1. The van der Waals surface area contributed by atoms with E-state index in [0.29, 0.717) is 11.6 Å². The van der Waals surface area contributed by atoms with Crippen molar-refractivity contribution in [2.75, 3.05) is 6.61 Å². The van der Waals surface area contributed by atoms with Gasteiger partial charge in [-0.1, -0.05) is 6.07 Å². The van der Waals surface area contributed by atoms with Crippen LogP contribution in [0.25, 0.3) is 11.5 Å². The summed E-state index contributed by atoms with van der Waals surface area (Å²) in [5.41, 5.74) is 0.797. The molecule has 0 fully saturated rings. The first-order valence-electron chi connectivity index (χ1n) is 7.04. The first kappa shape index (κ1) is 15.2. The van der Waals surface area contributed by atoms with E-state index in [9.17, 15) is 4.79 Å². The molecule has 6 nitrogen and oxygen atoms in total. The van der Waals surface area contributed by atoms with E-state index in [4.69, 9.17) is 9.15 Å². The number of hydrogen-bond acceptors (Lipinski definition) is 6. The van der Waals surface area contributed by atoms with Crippen LogP contribution in [0.3, 0.4) is 0 Å². The molecule has 0 aliphatic carbocycles. The fourth-order valence-electron chi connectivity index (χ4n) is 2.03. The fourth-order valence-corrected chi connectivity index (χ4v) is 2.77. The summed E-state index contributed by atoms with van der Waals surface area (Å²) < 4.78 is 10.6. The van der Waals surface area contributed by atoms with Crippen LogP contribution in [0.5, 0.6) is 5.75 Å². The van der Waals surface area contributed by atoms with Crippen molar-refractivity contribution in [2.45, 2.75) is 13.0 Å². The van der Waals surface area contributed by atoms with Gasteiger partial charge in [0.15, 0.2) is 6.61 Å². The van der Waals surface area contributed by atoms with Crippen LogP contribution in [0.1, 0.15) is 17.8 Å². The SMILES string of the molecule is C[C@H](NC(=O)COc1ccc(-c2nnco2)cc1)c1cccs1. The van der Waals surface area contributed by atoms with Gasteiger partial charge in [0.2, 0.25) is 12.3 Å². The molecular formula is C16H15N3O3S. The molecule has 0 spiro atoms. The van der Waals surface area contributed by atoms with E-state index >= 15 is 0 Å². The monoisotopic (exact) mass is 329 g/mol. The number of aromatic nitrogens is 2. The molecule has 2 heterocycles. The summed E-state index contributed by atoms with van der Waals surface area (Å²) >= 11 is 1.61. The summed E-state index contributed by atoms with van der Waals surface area (Å²) in [4.78, 5) is 13.0. The lowest BCUT2D eigenvalue weighted by Crippen LogP contribution is -2.30. The first-order chi connectivity index (χ1) is 11.2. The number of hydrogen-bond donors (Lipinski definition) is 1. The highest BCUT2D eigenvalue weighted by Crippen LogP contribution is 2.20. The summed E-state index contributed by atoms with van der Waals surface area (Å²) in [6.07, 6.45) is 1.28. The minimum atomic E-state index is -0.160. The number of rotatable bonds is 6. The van der Waals surface area contributed by atoms with Gasteiger partial charge in [-0.2, -0.15) is 0 Å². The molecule has 3 aromatic rings. The molecule has 0 aliphatic rings. The summed E-state index contributed by atoms with van der Waals surface area (Å²) in [5.74, 6) is 0.887. The Balaban J connectivity index is 1.51. The van der Waals surface area contributed by atoms with Crippen molar-refractivity contribution in [1.29, 1.82) is 0 Å². The molecule has 1 aromatic carbocycles. The number of carbonyl (C=O) groups excluding carboxylic acids is 1. The summed E-state index contributed by atoms with van der Waals surface area (Å²) in [6, 6.07) is 11.1. The Kier molecular flexibility index (Phi) is 4.68. The molecule has 0 saturated carbocycles. The van der Waals surface area contributed by atoms with Crippen molar-refractivity contribution >= 4 is 17.2 Å². The normalized spacial score (nSPS) is 11.9. The highest BCUT2D eigenvalue weighted by molar-refractivity contribution is 7.10. The Bertz CT molecular complexity index is 739. The van der Waals surface area contributed by atoms with Gasteiger partial charge in [0.25, 0.3) is 5.91 Å². The largest absolute Gasteiger partial charge is 0.484 e. The lowest BCUT2D eigenvalue weighted by Gasteiger charge is -2.12. The Labute approximate surface area is 137 Å². The van der Waals surface area contributed by atoms with Crippen LogP contribution in [-0.2, 0) is 4.79 Å². The van der Waals surface area contributed by atoms with Crippen molar-refractivity contribution in [3.8, 4) is 17.2 Å². The van der Waals surface area contributed by atoms with Crippen molar-refractivity contribution in [1.82, 2.24) is 15.5 Å². The smallest absolute Gasteiger partial charge is 0.258 e. The molecule has 3 rings (SSSR count). The molecular weight excluding hydrogens is 314 g/mol. The summed E-state index contributed by atoms with van der Waals surface area (Å²) in [5, 5.41) is 12.3. The van der Waals surface area contributed by atoms with Crippen molar-refractivity contribution in [3.05, 3.63) is 53.0 Å². The van der Waals surface area contributed by atoms with Crippen molar-refractivity contribution in [2.24, 2.45) is 0 Å². The minimum Gasteiger partial charge on any atom is -0.484 e. The molecule has 118 valence electrons. The Morgan fingerprint density at radius 3 is 2.83 bits per heavy atom. The average molecular weight is 329 g/mol. The second-order valence-corrected chi connectivity index (χ2v) is 5.84. The molecule has 0 unspecified atom stereocenters. The zero-order valence-electron chi connectivity index (χ0n) is 12.4. The minimum absolute atomic E-state index is 0.0222. The van der Waals surface area contributed by atoms with E-state index in [0.717, 1.165) is 10.4 Å². The predicted octanol–water partition coefficient (Wildman–Crippen LogP) is 3.05. The fraction of sp³-hybridized carbons (Fsp3) is 0.188. The lowest BCUT2D eigenvalue weighted by molar-refractivity contribution is -0.123. The second kappa shape index (κ2) is 7.06. The number of benzene rings is 1. The van der Waals surface area contributed by atoms with E-state index in [1.54, 1.807) is 35.6 Å². The highest BCUT2D eigenvalue weighted by Gasteiger charge is 2.11. The zero-order chi connectivity index (χ0) is 16.1. The van der Waals surface area contributed by atoms with E-state index in [-0.39, 0.29) is 18.6 Å². The van der Waals surface area contributed by atoms with Crippen LogP contribution >= 0.6 is 11.3 Å². The molecule has 23 heavy (non-hydrogen) atoms. The second-order valence-electron chi connectivity index (χ2n) is 4.86. The molecule has 0 saturated heterocycles. The van der Waals surface area contributed by atoms with Crippen molar-refractivity contribution in [3.63, 3.8) is 0 Å². The third kappa shape index (κ3) is 3.95. The van der Waals surface area contributed by atoms with E-state index in [1.165, 1.54) is 6.39 Å². The third-order valence-electron chi connectivity index (χ3n) is 3.18. The molecule has 7 heteroatoms. The van der Waals surface area contributed by atoms with Gasteiger partial charge in [0.1, 0.15) is 5.75 Å². The topological polar surface area (TPSA) is 77.2 Å². The summed E-state index contributed by atoms with van der Waals surface area (Å²) in [6.45, 7) is 1.92. The van der Waals surface area contributed by atoms with Crippen LogP contribution in [0.4, 0.5) is 0 Å². The maximum Gasteiger partial charge on any atom is 0.258 e. The molecule has 0 bridgehead atoms. The van der Waals surface area contributed by atoms with E-state index in [1.807, 2.05) is 24.4 Å². The van der Waals surface area contributed by atoms with Gasteiger partial charge < -0.3 is 14.5 Å². The molecule has 1 atom stereocenters. The molecule has 2 aromatic heterocycles. The maximum absolute atomic E-state index is 11.9. The van der Waals surface area contributed by atoms with E-state index in [2.05, 4.69) is 15.5 Å². The third-order valence-corrected chi connectivity index (χ3v) is 4.23. The molecule has 1 N–H and O–H groups in total. The van der Waals surface area contributed by atoms with Crippen LogP contribution < -0.4 is 10.1 Å². The highest BCUT2D eigenvalue weighted by atomic mass is 32.1. The Morgan fingerprint density at radius 2 is 2.17 bits per heavy atom. The van der Waals surface area contributed by atoms with Gasteiger partial charge in [-0.05, 0) is 42.6 Å². The van der Waals surface area contributed by atoms with Crippen molar-refractivity contribution < 1.29 is 13.9 Å². The lowest BCUT2D eigenvalue weighted by atomic mass is 10.2. The van der Waals surface area contributed by atoms with Gasteiger partial charge in [-0.15, -0.1) is 21.5 Å². The van der Waals surface area contributed by atoms with Gasteiger partial charge in [0.05, 0.1) is 6.04 Å². The van der Waals surface area contributed by atoms with Gasteiger partial charge >= 0.3 is 0 Å². The number of nitrogens with zero attached hydrogens (tertiary/aromatic N) is 2. The number of nitrogens with one attached hydrogen (secondary N) is 1. The van der Waals surface area contributed by atoms with E-state index < -0.39 is 0 Å². The summed E-state index contributed by atoms with van der Waals surface area (Å²) in [7, 11) is 0. The quantitative estimate of drug-likeness (QED) is 0.752.